The van der Waals surface area contributed by atoms with E-state index in [9.17, 15) is 0 Å². The van der Waals surface area contributed by atoms with E-state index in [1.54, 1.807) is 0 Å². The third-order valence-electron chi connectivity index (χ3n) is 4.14. The van der Waals surface area contributed by atoms with Crippen LogP contribution < -0.4 is 0 Å². The molecule has 0 unspecified atom stereocenters. The zero-order valence-electron chi connectivity index (χ0n) is 14.3. The summed E-state index contributed by atoms with van der Waals surface area (Å²) in [5, 5.41) is 25.7. The van der Waals surface area contributed by atoms with Crippen molar-refractivity contribution in [2.75, 3.05) is 39.6 Å². The Morgan fingerprint density at radius 1 is 0.583 bits per heavy atom. The fourth-order valence-corrected chi connectivity index (χ4v) is 3.21. The van der Waals surface area contributed by atoms with Gasteiger partial charge in [0.15, 0.2) is 0 Å². The van der Waals surface area contributed by atoms with Crippen molar-refractivity contribution in [3.63, 3.8) is 0 Å². The highest BCUT2D eigenvalue weighted by atomic mass is 16.5. The molecule has 0 bridgehead atoms. The lowest BCUT2D eigenvalue weighted by molar-refractivity contribution is 0.00418. The van der Waals surface area contributed by atoms with Crippen molar-refractivity contribution in [3.05, 3.63) is 0 Å². The summed E-state index contributed by atoms with van der Waals surface area (Å²) in [6.07, 6.45) is 4.42. The van der Waals surface area contributed by atoms with Crippen LogP contribution in [0.5, 0.6) is 0 Å². The van der Waals surface area contributed by atoms with E-state index in [0.29, 0.717) is 76.7 Å². The molecule has 1 fully saturated rings. The molecule has 0 amide bonds. The average Bonchev–Trinajstić information content (AvgIpc) is 2.59. The van der Waals surface area contributed by atoms with Gasteiger partial charge in [-0.2, -0.15) is 15.8 Å². The maximum Gasteiger partial charge on any atom is 0.0645 e. The van der Waals surface area contributed by atoms with Crippen LogP contribution in [0.25, 0.3) is 0 Å². The van der Waals surface area contributed by atoms with Crippen molar-refractivity contribution in [2.45, 2.75) is 38.5 Å². The van der Waals surface area contributed by atoms with Gasteiger partial charge in [-0.05, 0) is 37.0 Å². The Balaban J connectivity index is 2.38. The molecule has 0 N–H and O–H groups in total. The molecule has 0 heterocycles. The molecule has 132 valence electrons. The maximum atomic E-state index is 8.56. The molecular formula is C18H27N3O3. The zero-order valence-corrected chi connectivity index (χ0v) is 14.3. The van der Waals surface area contributed by atoms with Gasteiger partial charge in [0, 0.05) is 19.8 Å². The van der Waals surface area contributed by atoms with E-state index in [1.807, 2.05) is 0 Å². The highest BCUT2D eigenvalue weighted by Crippen LogP contribution is 2.34. The van der Waals surface area contributed by atoms with Crippen molar-refractivity contribution >= 4 is 0 Å². The molecule has 0 spiro atoms. The van der Waals surface area contributed by atoms with Gasteiger partial charge in [-0.3, -0.25) is 0 Å². The summed E-state index contributed by atoms with van der Waals surface area (Å²) in [6, 6.07) is 6.26. The van der Waals surface area contributed by atoms with Gasteiger partial charge in [0.25, 0.3) is 0 Å². The first-order valence-electron chi connectivity index (χ1n) is 8.64. The molecule has 0 aromatic carbocycles. The van der Waals surface area contributed by atoms with E-state index < -0.39 is 0 Å². The van der Waals surface area contributed by atoms with E-state index in [2.05, 4.69) is 18.2 Å². The molecule has 6 heteroatoms. The zero-order chi connectivity index (χ0) is 17.5. The van der Waals surface area contributed by atoms with Crippen molar-refractivity contribution in [1.82, 2.24) is 0 Å². The fraction of sp³-hybridized carbons (Fsp3) is 0.833. The molecule has 6 nitrogen and oxygen atoms in total. The number of hydrogen-bond acceptors (Lipinski definition) is 6. The molecule has 1 aliphatic rings. The van der Waals surface area contributed by atoms with E-state index in [-0.39, 0.29) is 0 Å². The summed E-state index contributed by atoms with van der Waals surface area (Å²) in [7, 11) is 0. The minimum absolute atomic E-state index is 0.425. The lowest BCUT2D eigenvalue weighted by atomic mass is 9.76. The largest absolute Gasteiger partial charge is 0.380 e. The van der Waals surface area contributed by atoms with Crippen molar-refractivity contribution in [2.24, 2.45) is 17.8 Å². The van der Waals surface area contributed by atoms with Gasteiger partial charge in [0.2, 0.25) is 0 Å². The Kier molecular flexibility index (Phi) is 11.7. The van der Waals surface area contributed by atoms with Gasteiger partial charge in [0.1, 0.15) is 0 Å². The van der Waals surface area contributed by atoms with Gasteiger partial charge >= 0.3 is 0 Å². The molecule has 1 aliphatic carbocycles. The Morgan fingerprint density at radius 3 is 1.12 bits per heavy atom. The van der Waals surface area contributed by atoms with Crippen molar-refractivity contribution in [3.8, 4) is 18.2 Å². The van der Waals surface area contributed by atoms with Gasteiger partial charge in [-0.25, -0.2) is 0 Å². The quantitative estimate of drug-likeness (QED) is 0.509. The van der Waals surface area contributed by atoms with Crippen LogP contribution >= 0.6 is 0 Å². The fourth-order valence-electron chi connectivity index (χ4n) is 3.21. The van der Waals surface area contributed by atoms with E-state index in [1.165, 1.54) is 0 Å². The Morgan fingerprint density at radius 2 is 0.875 bits per heavy atom. The standard InChI is InChI=1S/C18H27N3O3/c19-4-1-7-22-13-16-10-17(14-23-8-2-5-20)12-18(11-16)15-24-9-3-6-21/h16-18H,1-3,7-15H2. The molecule has 0 aliphatic heterocycles. The second-order valence-electron chi connectivity index (χ2n) is 6.25. The van der Waals surface area contributed by atoms with Gasteiger partial charge in [-0.15, -0.1) is 0 Å². The third kappa shape index (κ3) is 9.48. The minimum atomic E-state index is 0.425. The van der Waals surface area contributed by atoms with Crippen molar-refractivity contribution < 1.29 is 14.2 Å². The highest BCUT2D eigenvalue weighted by molar-refractivity contribution is 4.80. The van der Waals surface area contributed by atoms with Crippen LogP contribution in [0.15, 0.2) is 0 Å². The number of rotatable bonds is 12. The minimum Gasteiger partial charge on any atom is -0.380 e. The van der Waals surface area contributed by atoms with Crippen LogP contribution in [-0.2, 0) is 14.2 Å². The molecule has 1 saturated carbocycles. The van der Waals surface area contributed by atoms with Crippen LogP contribution in [0, 0.1) is 51.7 Å². The predicted octanol–water partition coefficient (Wildman–Crippen LogP) is 2.81. The van der Waals surface area contributed by atoms with Crippen molar-refractivity contribution in [1.29, 1.82) is 15.8 Å². The van der Waals surface area contributed by atoms with Crippen LogP contribution in [0.4, 0.5) is 0 Å². The van der Waals surface area contributed by atoms with E-state index in [0.717, 1.165) is 19.3 Å². The summed E-state index contributed by atoms with van der Waals surface area (Å²) in [5.41, 5.74) is 0. The Labute approximate surface area is 144 Å². The summed E-state index contributed by atoms with van der Waals surface area (Å²) < 4.78 is 16.8. The molecule has 0 radical (unpaired) electrons. The second kappa shape index (κ2) is 13.8. The second-order valence-corrected chi connectivity index (χ2v) is 6.25. The molecule has 24 heavy (non-hydrogen) atoms. The van der Waals surface area contributed by atoms with Gasteiger partial charge in [-0.1, -0.05) is 0 Å². The average molecular weight is 333 g/mol. The third-order valence-corrected chi connectivity index (χ3v) is 4.14. The number of nitrogens with zero attached hydrogens (tertiary/aromatic N) is 3. The summed E-state index contributed by atoms with van der Waals surface area (Å²) in [5.74, 6) is 1.35. The SMILES string of the molecule is N#CCCOCC1CC(COCCC#N)CC(COCCC#N)C1. The van der Waals surface area contributed by atoms with Crippen LogP contribution in [0.2, 0.25) is 0 Å². The summed E-state index contributed by atoms with van der Waals surface area (Å²) in [4.78, 5) is 0. The first-order chi connectivity index (χ1) is 11.8. The van der Waals surface area contributed by atoms with Gasteiger partial charge < -0.3 is 14.2 Å². The maximum absolute atomic E-state index is 8.56. The molecule has 0 aromatic rings. The first-order valence-corrected chi connectivity index (χ1v) is 8.64. The first kappa shape index (κ1) is 20.4. The number of hydrogen-bond donors (Lipinski definition) is 0. The Hall–Kier alpha value is -1.65. The van der Waals surface area contributed by atoms with E-state index >= 15 is 0 Å². The molecule has 0 atom stereocenters. The summed E-state index contributed by atoms with van der Waals surface area (Å²) >= 11 is 0. The normalized spacial score (nSPS) is 23.1. The summed E-state index contributed by atoms with van der Waals surface area (Å²) in [6.45, 7) is 3.47. The smallest absolute Gasteiger partial charge is 0.0645 e. The van der Waals surface area contributed by atoms with E-state index in [4.69, 9.17) is 30.0 Å². The monoisotopic (exact) mass is 333 g/mol. The number of ether oxygens (including phenoxy) is 3. The van der Waals surface area contributed by atoms with Gasteiger partial charge in [0.05, 0.1) is 57.3 Å². The predicted molar refractivity (Wildman–Crippen MR) is 87.5 cm³/mol. The van der Waals surface area contributed by atoms with Crippen LogP contribution in [-0.4, -0.2) is 39.6 Å². The lowest BCUT2D eigenvalue weighted by Crippen LogP contribution is -2.31. The molecule has 1 rings (SSSR count). The topological polar surface area (TPSA) is 99.1 Å². The van der Waals surface area contributed by atoms with Crippen LogP contribution in [0.1, 0.15) is 38.5 Å². The lowest BCUT2D eigenvalue weighted by Gasteiger charge is -2.34. The highest BCUT2D eigenvalue weighted by Gasteiger charge is 2.29. The molecular weight excluding hydrogens is 306 g/mol. The Bertz CT molecular complexity index is 377. The number of nitriles is 3. The van der Waals surface area contributed by atoms with Crippen LogP contribution in [0.3, 0.4) is 0 Å². The molecule has 0 saturated heterocycles. The molecule has 0 aromatic heterocycles.